The smallest absolute Gasteiger partial charge is 0.344 e. The number of esters is 2. The molecule has 1 amide bonds. The highest BCUT2D eigenvalue weighted by atomic mass is 16.7. The molecular formula is C19H24N2O9. The van der Waals surface area contributed by atoms with Crippen LogP contribution in [0.2, 0.25) is 0 Å². The van der Waals surface area contributed by atoms with E-state index in [9.17, 15) is 24.5 Å². The SMILES string of the molecule is CCOC(=O)C(NC(C)=O)(C(=O)OCC)C(Cc1ccc2c(c1)OCO2)C[N+](=O)[O-]. The van der Waals surface area contributed by atoms with Gasteiger partial charge in [0.25, 0.3) is 0 Å². The molecule has 1 aromatic carbocycles. The number of nitrogens with zero attached hydrogens (tertiary/aromatic N) is 1. The van der Waals surface area contributed by atoms with E-state index in [-0.39, 0.29) is 26.4 Å². The minimum atomic E-state index is -2.39. The molecular weight excluding hydrogens is 400 g/mol. The van der Waals surface area contributed by atoms with E-state index in [0.29, 0.717) is 17.1 Å². The van der Waals surface area contributed by atoms with Crippen LogP contribution in [-0.4, -0.2) is 54.9 Å². The summed E-state index contributed by atoms with van der Waals surface area (Å²) in [4.78, 5) is 48.5. The maximum Gasteiger partial charge on any atom is 0.344 e. The lowest BCUT2D eigenvalue weighted by atomic mass is 9.79. The molecule has 164 valence electrons. The Morgan fingerprint density at radius 3 is 2.30 bits per heavy atom. The van der Waals surface area contributed by atoms with Crippen molar-refractivity contribution in [2.45, 2.75) is 32.7 Å². The molecule has 1 atom stereocenters. The second-order valence-electron chi connectivity index (χ2n) is 6.53. The van der Waals surface area contributed by atoms with E-state index in [1.165, 1.54) is 13.8 Å². The van der Waals surface area contributed by atoms with Crippen LogP contribution in [0.5, 0.6) is 11.5 Å². The predicted molar refractivity (Wildman–Crippen MR) is 101 cm³/mol. The first-order chi connectivity index (χ1) is 14.2. The van der Waals surface area contributed by atoms with Crippen LogP contribution in [0.3, 0.4) is 0 Å². The van der Waals surface area contributed by atoms with Crippen molar-refractivity contribution in [3.8, 4) is 11.5 Å². The zero-order valence-corrected chi connectivity index (χ0v) is 17.0. The van der Waals surface area contributed by atoms with E-state index in [1.807, 2.05) is 0 Å². The zero-order valence-electron chi connectivity index (χ0n) is 17.0. The van der Waals surface area contributed by atoms with Gasteiger partial charge in [-0.25, -0.2) is 9.59 Å². The van der Waals surface area contributed by atoms with Crippen molar-refractivity contribution >= 4 is 17.8 Å². The van der Waals surface area contributed by atoms with Gasteiger partial charge >= 0.3 is 11.9 Å². The fraction of sp³-hybridized carbons (Fsp3) is 0.526. The molecule has 0 spiro atoms. The second-order valence-corrected chi connectivity index (χ2v) is 6.53. The van der Waals surface area contributed by atoms with Gasteiger partial charge in [0.15, 0.2) is 11.5 Å². The van der Waals surface area contributed by atoms with Gasteiger partial charge in [-0.1, -0.05) is 6.07 Å². The molecule has 1 N–H and O–H groups in total. The van der Waals surface area contributed by atoms with Crippen molar-refractivity contribution in [1.82, 2.24) is 5.32 Å². The van der Waals surface area contributed by atoms with Crippen LogP contribution in [0, 0.1) is 16.0 Å². The first kappa shape index (κ1) is 22.9. The predicted octanol–water partition coefficient (Wildman–Crippen LogP) is 0.852. The number of fused-ring (bicyclic) bond motifs is 1. The molecule has 1 aliphatic rings. The van der Waals surface area contributed by atoms with Gasteiger partial charge in [-0.15, -0.1) is 0 Å². The van der Waals surface area contributed by atoms with E-state index < -0.39 is 40.8 Å². The van der Waals surface area contributed by atoms with Gasteiger partial charge in [-0.2, -0.15) is 0 Å². The maximum absolute atomic E-state index is 12.9. The first-order valence-electron chi connectivity index (χ1n) is 9.38. The van der Waals surface area contributed by atoms with Crippen molar-refractivity contribution in [1.29, 1.82) is 0 Å². The highest BCUT2D eigenvalue weighted by Crippen LogP contribution is 2.34. The molecule has 11 nitrogen and oxygen atoms in total. The van der Waals surface area contributed by atoms with Crippen molar-refractivity contribution in [3.05, 3.63) is 33.9 Å². The summed E-state index contributed by atoms with van der Waals surface area (Å²) in [6.45, 7) is 3.16. The third kappa shape index (κ3) is 4.97. The fourth-order valence-corrected chi connectivity index (χ4v) is 3.28. The lowest BCUT2D eigenvalue weighted by Gasteiger charge is -2.34. The van der Waals surface area contributed by atoms with Crippen LogP contribution < -0.4 is 14.8 Å². The summed E-state index contributed by atoms with van der Waals surface area (Å²) < 4.78 is 20.6. The summed E-state index contributed by atoms with van der Waals surface area (Å²) in [6, 6.07) is 4.86. The Morgan fingerprint density at radius 2 is 1.77 bits per heavy atom. The molecule has 1 aliphatic heterocycles. The van der Waals surface area contributed by atoms with Gasteiger partial charge in [0, 0.05) is 11.8 Å². The van der Waals surface area contributed by atoms with Crippen LogP contribution in [-0.2, 0) is 30.3 Å². The van der Waals surface area contributed by atoms with Gasteiger partial charge in [-0.05, 0) is 38.0 Å². The number of amides is 1. The third-order valence-corrected chi connectivity index (χ3v) is 4.47. The normalized spacial score (nSPS) is 13.3. The molecule has 11 heteroatoms. The molecule has 0 bridgehead atoms. The molecule has 0 fully saturated rings. The molecule has 0 aromatic heterocycles. The monoisotopic (exact) mass is 424 g/mol. The van der Waals surface area contributed by atoms with Crippen molar-refractivity contribution < 1.29 is 38.3 Å². The number of nitro groups is 1. The Labute approximate surface area is 172 Å². The lowest BCUT2D eigenvalue weighted by molar-refractivity contribution is -0.489. The summed E-state index contributed by atoms with van der Waals surface area (Å²) in [5.74, 6) is -3.33. The second kappa shape index (κ2) is 9.90. The topological polar surface area (TPSA) is 143 Å². The Morgan fingerprint density at radius 1 is 1.17 bits per heavy atom. The average Bonchev–Trinajstić information content (AvgIpc) is 3.13. The lowest BCUT2D eigenvalue weighted by Crippen LogP contribution is -2.67. The fourth-order valence-electron chi connectivity index (χ4n) is 3.28. The Kier molecular flexibility index (Phi) is 7.56. The van der Waals surface area contributed by atoms with Crippen molar-refractivity contribution in [2.24, 2.45) is 5.92 Å². The molecule has 1 heterocycles. The Bertz CT molecular complexity index is 806. The van der Waals surface area contributed by atoms with E-state index in [4.69, 9.17) is 18.9 Å². The minimum Gasteiger partial charge on any atom is -0.464 e. The quantitative estimate of drug-likeness (QED) is 0.250. The number of benzene rings is 1. The standard InChI is InChI=1S/C19H24N2O9/c1-4-27-17(23)19(20-12(3)22,18(24)28-5-2)14(10-21(25)26)8-13-6-7-15-16(9-13)30-11-29-15/h6-7,9,14H,4-5,8,10-11H2,1-3H3,(H,20,22). The van der Waals surface area contributed by atoms with Crippen LogP contribution >= 0.6 is 0 Å². The van der Waals surface area contributed by atoms with Gasteiger partial charge in [0.2, 0.25) is 24.8 Å². The van der Waals surface area contributed by atoms with Gasteiger partial charge in [0.1, 0.15) is 0 Å². The highest BCUT2D eigenvalue weighted by Gasteiger charge is 2.57. The first-order valence-corrected chi connectivity index (χ1v) is 9.38. The number of hydrogen-bond acceptors (Lipinski definition) is 9. The van der Waals surface area contributed by atoms with E-state index >= 15 is 0 Å². The summed E-state index contributed by atoms with van der Waals surface area (Å²) >= 11 is 0. The van der Waals surface area contributed by atoms with Gasteiger partial charge < -0.3 is 24.3 Å². The number of carbonyl (C=O) groups is 3. The highest BCUT2D eigenvalue weighted by molar-refractivity contribution is 6.08. The van der Waals surface area contributed by atoms with E-state index in [2.05, 4.69) is 5.32 Å². The maximum atomic E-state index is 12.9. The van der Waals surface area contributed by atoms with Crippen molar-refractivity contribution in [2.75, 3.05) is 26.6 Å². The van der Waals surface area contributed by atoms with Crippen LogP contribution in [0.4, 0.5) is 0 Å². The van der Waals surface area contributed by atoms with Gasteiger partial charge in [0.05, 0.1) is 19.1 Å². The molecule has 0 radical (unpaired) electrons. The Hall–Kier alpha value is -3.37. The van der Waals surface area contributed by atoms with E-state index in [0.717, 1.165) is 6.92 Å². The summed E-state index contributed by atoms with van der Waals surface area (Å²) in [7, 11) is 0. The molecule has 0 saturated heterocycles. The van der Waals surface area contributed by atoms with Crippen molar-refractivity contribution in [3.63, 3.8) is 0 Å². The summed E-state index contributed by atoms with van der Waals surface area (Å²) in [5.41, 5.74) is -1.85. The van der Waals surface area contributed by atoms with E-state index in [1.54, 1.807) is 18.2 Å². The minimum absolute atomic E-state index is 0.0403. The largest absolute Gasteiger partial charge is 0.464 e. The number of carbonyl (C=O) groups excluding carboxylic acids is 3. The summed E-state index contributed by atoms with van der Waals surface area (Å²) in [5, 5.41) is 13.7. The summed E-state index contributed by atoms with van der Waals surface area (Å²) in [6.07, 6.45) is -0.116. The van der Waals surface area contributed by atoms with Crippen LogP contribution in [0.15, 0.2) is 18.2 Å². The van der Waals surface area contributed by atoms with Crippen LogP contribution in [0.1, 0.15) is 26.3 Å². The zero-order chi connectivity index (χ0) is 22.3. The average molecular weight is 424 g/mol. The third-order valence-electron chi connectivity index (χ3n) is 4.47. The molecule has 2 rings (SSSR count). The Balaban J connectivity index is 2.55. The number of hydrogen-bond donors (Lipinski definition) is 1. The molecule has 1 unspecified atom stereocenters. The number of ether oxygens (including phenoxy) is 4. The number of nitrogens with one attached hydrogen (secondary N) is 1. The molecule has 0 saturated carbocycles. The van der Waals surface area contributed by atoms with Crippen LogP contribution in [0.25, 0.3) is 0 Å². The molecule has 0 aliphatic carbocycles. The number of rotatable bonds is 10. The molecule has 30 heavy (non-hydrogen) atoms. The molecule has 1 aromatic rings. The van der Waals surface area contributed by atoms with Gasteiger partial charge in [-0.3, -0.25) is 14.9 Å².